The quantitative estimate of drug-likeness (QED) is 0.568. The second-order valence-electron chi connectivity index (χ2n) is 2.75. The second kappa shape index (κ2) is 7.08. The first-order valence-electron chi connectivity index (χ1n) is 4.46. The molecule has 1 atom stereocenters. The molecule has 0 aliphatic rings. The van der Waals surface area contributed by atoms with Crippen LogP contribution in [0.3, 0.4) is 0 Å². The molecule has 0 aromatic heterocycles. The molecule has 0 amide bonds. The number of nitrogens with zero attached hydrogens (tertiary/aromatic N) is 2. The first kappa shape index (κ1) is 11.4. The minimum absolute atomic E-state index is 0.370. The zero-order valence-electron chi connectivity index (χ0n) is 8.21. The van der Waals surface area contributed by atoms with Crippen molar-refractivity contribution in [1.29, 1.82) is 5.26 Å². The largest absolute Gasteiger partial charge is 0.353 e. The number of hydrogen-bond acceptors (Lipinski definition) is 3. The van der Waals surface area contributed by atoms with Gasteiger partial charge in [-0.1, -0.05) is 13.8 Å². The van der Waals surface area contributed by atoms with Crippen LogP contribution in [0, 0.1) is 11.3 Å². The van der Waals surface area contributed by atoms with Gasteiger partial charge in [-0.25, -0.2) is 0 Å². The molecule has 0 aromatic rings. The van der Waals surface area contributed by atoms with E-state index >= 15 is 0 Å². The van der Waals surface area contributed by atoms with Crippen LogP contribution in [0.4, 0.5) is 0 Å². The van der Waals surface area contributed by atoms with Gasteiger partial charge in [0, 0.05) is 20.2 Å². The summed E-state index contributed by atoms with van der Waals surface area (Å²) in [6.07, 6.45) is 1.74. The lowest BCUT2D eigenvalue weighted by Gasteiger charge is -2.24. The number of rotatable bonds is 6. The molecule has 0 aromatic carbocycles. The zero-order valence-corrected chi connectivity index (χ0v) is 8.21. The average Bonchev–Trinajstić information content (AvgIpc) is 2.07. The highest BCUT2D eigenvalue weighted by Gasteiger charge is 2.14. The monoisotopic (exact) mass is 170 g/mol. The number of nitriles is 1. The Kier molecular flexibility index (Phi) is 6.73. The van der Waals surface area contributed by atoms with Crippen molar-refractivity contribution < 1.29 is 4.74 Å². The highest BCUT2D eigenvalue weighted by molar-refractivity contribution is 4.83. The summed E-state index contributed by atoms with van der Waals surface area (Å²) in [6.45, 7) is 6.07. The van der Waals surface area contributed by atoms with Gasteiger partial charge in [-0.3, -0.25) is 4.90 Å². The fraction of sp³-hybridized carbons (Fsp3) is 0.889. The number of methoxy groups -OCH3 is 1. The van der Waals surface area contributed by atoms with Crippen LogP contribution in [0.1, 0.15) is 26.7 Å². The molecule has 0 rings (SSSR count). The van der Waals surface area contributed by atoms with Gasteiger partial charge in [-0.15, -0.1) is 0 Å². The van der Waals surface area contributed by atoms with Crippen molar-refractivity contribution in [3.05, 3.63) is 0 Å². The van der Waals surface area contributed by atoms with Gasteiger partial charge in [0.2, 0.25) is 0 Å². The minimum Gasteiger partial charge on any atom is -0.353 e. The SMILES string of the molecule is CCCN(CCC)C(C#N)OC. The first-order valence-corrected chi connectivity index (χ1v) is 4.46. The van der Waals surface area contributed by atoms with E-state index in [0.29, 0.717) is 0 Å². The van der Waals surface area contributed by atoms with Crippen LogP contribution >= 0.6 is 0 Å². The molecular formula is C9H18N2O. The van der Waals surface area contributed by atoms with Crippen molar-refractivity contribution in [3.63, 3.8) is 0 Å². The molecule has 0 spiro atoms. The molecule has 12 heavy (non-hydrogen) atoms. The first-order chi connectivity index (χ1) is 5.79. The normalized spacial score (nSPS) is 12.9. The summed E-state index contributed by atoms with van der Waals surface area (Å²) < 4.78 is 5.03. The molecule has 0 aliphatic heterocycles. The van der Waals surface area contributed by atoms with E-state index in [1.54, 1.807) is 7.11 Å². The van der Waals surface area contributed by atoms with Gasteiger partial charge in [0.05, 0.1) is 0 Å². The maximum atomic E-state index is 8.73. The minimum atomic E-state index is -0.370. The van der Waals surface area contributed by atoms with E-state index in [9.17, 15) is 0 Å². The van der Waals surface area contributed by atoms with Crippen LogP contribution in [-0.2, 0) is 4.74 Å². The van der Waals surface area contributed by atoms with Gasteiger partial charge in [0.25, 0.3) is 0 Å². The summed E-state index contributed by atoms with van der Waals surface area (Å²) in [4.78, 5) is 2.06. The molecule has 1 unspecified atom stereocenters. The van der Waals surface area contributed by atoms with Gasteiger partial charge in [-0.2, -0.15) is 5.26 Å². The molecule has 3 nitrogen and oxygen atoms in total. The Balaban J connectivity index is 3.97. The van der Waals surface area contributed by atoms with Crippen molar-refractivity contribution in [3.8, 4) is 6.07 Å². The Morgan fingerprint density at radius 3 is 2.08 bits per heavy atom. The maximum absolute atomic E-state index is 8.73. The van der Waals surface area contributed by atoms with E-state index in [1.807, 2.05) is 0 Å². The summed E-state index contributed by atoms with van der Waals surface area (Å²) in [7, 11) is 1.58. The maximum Gasteiger partial charge on any atom is 0.199 e. The molecule has 70 valence electrons. The Morgan fingerprint density at radius 2 is 1.83 bits per heavy atom. The predicted octanol–water partition coefficient (Wildman–Crippen LogP) is 1.60. The molecule has 0 N–H and O–H groups in total. The topological polar surface area (TPSA) is 36.3 Å². The van der Waals surface area contributed by atoms with E-state index in [4.69, 9.17) is 10.00 Å². The van der Waals surface area contributed by atoms with Crippen LogP contribution in [0.2, 0.25) is 0 Å². The summed E-state index contributed by atoms with van der Waals surface area (Å²) >= 11 is 0. The molecule has 0 bridgehead atoms. The highest BCUT2D eigenvalue weighted by Crippen LogP contribution is 2.01. The summed E-state index contributed by atoms with van der Waals surface area (Å²) in [5.74, 6) is 0. The van der Waals surface area contributed by atoms with Crippen molar-refractivity contribution >= 4 is 0 Å². The second-order valence-corrected chi connectivity index (χ2v) is 2.75. The van der Waals surface area contributed by atoms with E-state index in [1.165, 1.54) is 0 Å². The van der Waals surface area contributed by atoms with Crippen LogP contribution in [0.15, 0.2) is 0 Å². The number of hydrogen-bond donors (Lipinski definition) is 0. The Hall–Kier alpha value is -0.590. The van der Waals surface area contributed by atoms with Crippen molar-refractivity contribution in [2.75, 3.05) is 20.2 Å². The average molecular weight is 170 g/mol. The van der Waals surface area contributed by atoms with Gasteiger partial charge >= 0.3 is 0 Å². The molecule has 0 saturated heterocycles. The lowest BCUT2D eigenvalue weighted by Crippen LogP contribution is -2.36. The van der Waals surface area contributed by atoms with Gasteiger partial charge in [-0.05, 0) is 12.8 Å². The van der Waals surface area contributed by atoms with Crippen molar-refractivity contribution in [2.24, 2.45) is 0 Å². The fourth-order valence-electron chi connectivity index (χ4n) is 1.20. The molecule has 3 heteroatoms. The van der Waals surface area contributed by atoms with Crippen LogP contribution in [0.5, 0.6) is 0 Å². The molecular weight excluding hydrogens is 152 g/mol. The molecule has 0 aliphatic carbocycles. The molecule has 0 fully saturated rings. The smallest absolute Gasteiger partial charge is 0.199 e. The van der Waals surface area contributed by atoms with E-state index in [2.05, 4.69) is 24.8 Å². The van der Waals surface area contributed by atoms with Gasteiger partial charge in [0.1, 0.15) is 6.07 Å². The van der Waals surface area contributed by atoms with Gasteiger partial charge in [0.15, 0.2) is 6.23 Å². The summed E-state index contributed by atoms with van der Waals surface area (Å²) in [5.41, 5.74) is 0. The van der Waals surface area contributed by atoms with Crippen LogP contribution in [-0.4, -0.2) is 31.3 Å². The molecule has 0 radical (unpaired) electrons. The highest BCUT2D eigenvalue weighted by atomic mass is 16.5. The zero-order chi connectivity index (χ0) is 9.40. The Bertz CT molecular complexity index is 136. The lowest BCUT2D eigenvalue weighted by molar-refractivity contribution is 0.00789. The third-order valence-electron chi connectivity index (χ3n) is 1.69. The van der Waals surface area contributed by atoms with E-state index in [-0.39, 0.29) is 6.23 Å². The molecule has 0 heterocycles. The van der Waals surface area contributed by atoms with Crippen LogP contribution < -0.4 is 0 Å². The fourth-order valence-corrected chi connectivity index (χ4v) is 1.20. The predicted molar refractivity (Wildman–Crippen MR) is 48.6 cm³/mol. The third kappa shape index (κ3) is 3.70. The third-order valence-corrected chi connectivity index (χ3v) is 1.69. The lowest BCUT2D eigenvalue weighted by atomic mass is 10.3. The van der Waals surface area contributed by atoms with E-state index in [0.717, 1.165) is 25.9 Å². The Labute approximate surface area is 74.9 Å². The standard InChI is InChI=1S/C9H18N2O/c1-4-6-11(7-5-2)9(8-10)12-3/h9H,4-7H2,1-3H3. The number of ether oxygens (including phenoxy) is 1. The van der Waals surface area contributed by atoms with Crippen molar-refractivity contribution in [1.82, 2.24) is 4.90 Å². The van der Waals surface area contributed by atoms with Crippen molar-refractivity contribution in [2.45, 2.75) is 32.9 Å². The summed E-state index contributed by atoms with van der Waals surface area (Å²) in [6, 6.07) is 2.13. The summed E-state index contributed by atoms with van der Waals surface area (Å²) in [5, 5.41) is 8.73. The Morgan fingerprint density at radius 1 is 1.33 bits per heavy atom. The van der Waals surface area contributed by atoms with Crippen LogP contribution in [0.25, 0.3) is 0 Å². The van der Waals surface area contributed by atoms with Gasteiger partial charge < -0.3 is 4.74 Å². The van der Waals surface area contributed by atoms with E-state index < -0.39 is 0 Å². The molecule has 0 saturated carbocycles.